The summed E-state index contributed by atoms with van der Waals surface area (Å²) >= 11 is 0. The highest BCUT2D eigenvalue weighted by atomic mass is 16.3. The van der Waals surface area contributed by atoms with E-state index in [1.54, 1.807) is 19.2 Å². The molecule has 4 aromatic rings. The molecule has 174 valence electrons. The number of aromatic nitrogens is 4. The van der Waals surface area contributed by atoms with Gasteiger partial charge in [0.2, 0.25) is 5.95 Å². The van der Waals surface area contributed by atoms with Gasteiger partial charge in [-0.05, 0) is 43.2 Å². The van der Waals surface area contributed by atoms with Crippen LogP contribution in [0.2, 0.25) is 0 Å². The van der Waals surface area contributed by atoms with E-state index in [1.165, 1.54) is 0 Å². The molecule has 1 aliphatic rings. The number of aryl methyl sites for hydroxylation is 1. The Morgan fingerprint density at radius 2 is 2.00 bits per heavy atom. The van der Waals surface area contributed by atoms with Crippen LogP contribution in [-0.4, -0.2) is 54.4 Å². The third-order valence-corrected chi connectivity index (χ3v) is 6.20. The van der Waals surface area contributed by atoms with E-state index >= 15 is 0 Å². The molecule has 1 unspecified atom stereocenters. The van der Waals surface area contributed by atoms with Crippen LogP contribution in [0, 0.1) is 6.92 Å². The summed E-state index contributed by atoms with van der Waals surface area (Å²) in [5.74, 6) is 0.0852. The van der Waals surface area contributed by atoms with Gasteiger partial charge in [-0.2, -0.15) is 0 Å². The number of anilines is 1. The highest BCUT2D eigenvalue weighted by molar-refractivity contribution is 5.95. The maximum atomic E-state index is 11.5. The van der Waals surface area contributed by atoms with Gasteiger partial charge in [0.05, 0.1) is 30.2 Å². The van der Waals surface area contributed by atoms with Gasteiger partial charge in [-0.15, -0.1) is 0 Å². The Morgan fingerprint density at radius 1 is 1.18 bits per heavy atom. The first-order chi connectivity index (χ1) is 16.4. The number of hydrogen-bond acceptors (Lipinski definition) is 8. The van der Waals surface area contributed by atoms with Crippen molar-refractivity contribution in [3.63, 3.8) is 0 Å². The summed E-state index contributed by atoms with van der Waals surface area (Å²) < 4.78 is 2.01. The zero-order valence-corrected chi connectivity index (χ0v) is 19.1. The predicted molar refractivity (Wildman–Crippen MR) is 131 cm³/mol. The van der Waals surface area contributed by atoms with Gasteiger partial charge >= 0.3 is 0 Å². The van der Waals surface area contributed by atoms with E-state index in [9.17, 15) is 10.2 Å². The molecule has 5 rings (SSSR count). The van der Waals surface area contributed by atoms with Gasteiger partial charge < -0.3 is 25.9 Å². The quantitative estimate of drug-likeness (QED) is 0.347. The van der Waals surface area contributed by atoms with E-state index in [1.807, 2.05) is 65.3 Å². The van der Waals surface area contributed by atoms with Crippen LogP contribution in [0.1, 0.15) is 23.7 Å². The average Bonchev–Trinajstić information content (AvgIpc) is 3.44. The number of hydrazine groups is 1. The zero-order chi connectivity index (χ0) is 23.9. The molecule has 1 aliphatic heterocycles. The van der Waals surface area contributed by atoms with E-state index < -0.39 is 5.60 Å². The van der Waals surface area contributed by atoms with Crippen LogP contribution in [0.25, 0.3) is 28.0 Å². The first-order valence-corrected chi connectivity index (χ1v) is 11.1. The predicted octanol–water partition coefficient (Wildman–Crippen LogP) is 2.25. The molecule has 1 aromatic carbocycles. The highest BCUT2D eigenvalue weighted by Crippen LogP contribution is 2.35. The van der Waals surface area contributed by atoms with Crippen molar-refractivity contribution in [2.75, 3.05) is 25.4 Å². The van der Waals surface area contributed by atoms with Crippen molar-refractivity contribution in [2.45, 2.75) is 19.4 Å². The molecule has 0 saturated carbocycles. The zero-order valence-electron chi connectivity index (χ0n) is 19.1. The average molecular weight is 458 g/mol. The van der Waals surface area contributed by atoms with E-state index in [-0.39, 0.29) is 12.6 Å². The van der Waals surface area contributed by atoms with Crippen LogP contribution in [0.3, 0.4) is 0 Å². The van der Waals surface area contributed by atoms with E-state index in [0.717, 1.165) is 33.4 Å². The Bertz CT molecular complexity index is 1390. The Labute approximate surface area is 197 Å². The molecule has 4 heterocycles. The molecule has 1 atom stereocenters. The normalized spacial score (nSPS) is 15.8. The number of pyridine rings is 1. The minimum Gasteiger partial charge on any atom is -0.395 e. The minimum atomic E-state index is -1.35. The summed E-state index contributed by atoms with van der Waals surface area (Å²) in [6.45, 7) is 4.86. The van der Waals surface area contributed by atoms with Gasteiger partial charge in [0, 0.05) is 36.1 Å². The molecule has 0 spiro atoms. The molecule has 0 fully saturated rings. The number of nitrogen functional groups attached to an aromatic ring is 1. The van der Waals surface area contributed by atoms with Gasteiger partial charge in [-0.1, -0.05) is 24.3 Å². The fourth-order valence-electron chi connectivity index (χ4n) is 4.45. The van der Waals surface area contributed by atoms with Crippen molar-refractivity contribution in [1.29, 1.82) is 0 Å². The van der Waals surface area contributed by atoms with Crippen molar-refractivity contribution >= 4 is 22.7 Å². The van der Waals surface area contributed by atoms with Crippen molar-refractivity contribution in [3.8, 4) is 11.3 Å². The lowest BCUT2D eigenvalue weighted by atomic mass is 9.88. The summed E-state index contributed by atoms with van der Waals surface area (Å²) in [5, 5.41) is 23.6. The Hall–Kier alpha value is -3.79. The second kappa shape index (κ2) is 8.53. The molecule has 0 aliphatic carbocycles. The molecule has 9 heteroatoms. The van der Waals surface area contributed by atoms with Gasteiger partial charge in [0.15, 0.2) is 0 Å². The van der Waals surface area contributed by atoms with Crippen LogP contribution in [0.4, 0.5) is 5.95 Å². The minimum absolute atomic E-state index is 0.0633. The summed E-state index contributed by atoms with van der Waals surface area (Å²) in [5.41, 5.74) is 13.3. The number of rotatable bonds is 6. The monoisotopic (exact) mass is 457 g/mol. The van der Waals surface area contributed by atoms with Crippen molar-refractivity contribution in [2.24, 2.45) is 0 Å². The maximum absolute atomic E-state index is 11.5. The molecule has 5 N–H and O–H groups in total. The van der Waals surface area contributed by atoms with Crippen LogP contribution in [0.5, 0.6) is 0 Å². The number of aliphatic hydroxyl groups excluding tert-OH is 1. The standard InChI is InChI=1S/C25H27N7O2/c1-16-6-3-4-8-20(16)25(2,34)22-12-21(29-24(26)30-22)19-15-32(23-18(19)7-5-9-27-23)17-13-28-31(14-17)10-11-33/h3-9,12-13,15,28,33-34H,10-11,14H2,1-2H3,(H2,26,29,30). The smallest absolute Gasteiger partial charge is 0.220 e. The fraction of sp³-hybridized carbons (Fsp3) is 0.240. The second-order valence-electron chi connectivity index (χ2n) is 8.58. The lowest BCUT2D eigenvalue weighted by Crippen LogP contribution is -2.33. The topological polar surface area (TPSA) is 125 Å². The molecule has 3 aromatic heterocycles. The van der Waals surface area contributed by atoms with Gasteiger partial charge in [-0.3, -0.25) is 0 Å². The van der Waals surface area contributed by atoms with Crippen LogP contribution >= 0.6 is 0 Å². The Kier molecular flexibility index (Phi) is 5.52. The molecular formula is C25H27N7O2. The largest absolute Gasteiger partial charge is 0.395 e. The number of nitrogens with zero attached hydrogens (tertiary/aromatic N) is 5. The molecule has 0 saturated heterocycles. The fourth-order valence-corrected chi connectivity index (χ4v) is 4.45. The third-order valence-electron chi connectivity index (χ3n) is 6.20. The number of nitrogens with two attached hydrogens (primary N) is 1. The van der Waals surface area contributed by atoms with Crippen LogP contribution in [0.15, 0.2) is 61.1 Å². The lowest BCUT2D eigenvalue weighted by Gasteiger charge is -2.25. The number of aliphatic hydroxyl groups is 2. The third kappa shape index (κ3) is 3.79. The van der Waals surface area contributed by atoms with Crippen LogP contribution < -0.4 is 11.2 Å². The summed E-state index contributed by atoms with van der Waals surface area (Å²) in [6.07, 6.45) is 5.62. The van der Waals surface area contributed by atoms with Crippen molar-refractivity contribution in [3.05, 3.63) is 77.9 Å². The van der Waals surface area contributed by atoms with Gasteiger partial charge in [-0.25, -0.2) is 20.0 Å². The summed E-state index contributed by atoms with van der Waals surface area (Å²) in [4.78, 5) is 13.5. The highest BCUT2D eigenvalue weighted by Gasteiger charge is 2.30. The summed E-state index contributed by atoms with van der Waals surface area (Å²) in [7, 11) is 0. The first kappa shape index (κ1) is 22.0. The Balaban J connectivity index is 1.62. The number of benzene rings is 1. The first-order valence-electron chi connectivity index (χ1n) is 11.1. The van der Waals surface area contributed by atoms with E-state index in [2.05, 4.69) is 20.4 Å². The van der Waals surface area contributed by atoms with E-state index in [4.69, 9.17) is 5.73 Å². The summed E-state index contributed by atoms with van der Waals surface area (Å²) in [6, 6.07) is 13.3. The molecule has 34 heavy (non-hydrogen) atoms. The van der Waals surface area contributed by atoms with Crippen molar-refractivity contribution in [1.82, 2.24) is 30.0 Å². The molecule has 0 radical (unpaired) electrons. The Morgan fingerprint density at radius 3 is 2.79 bits per heavy atom. The number of nitrogens with one attached hydrogen (secondary N) is 1. The molecule has 0 bridgehead atoms. The van der Waals surface area contributed by atoms with Gasteiger partial charge in [0.25, 0.3) is 0 Å². The van der Waals surface area contributed by atoms with Crippen LogP contribution in [-0.2, 0) is 5.60 Å². The molecule has 0 amide bonds. The van der Waals surface area contributed by atoms with Crippen molar-refractivity contribution < 1.29 is 10.2 Å². The maximum Gasteiger partial charge on any atom is 0.220 e. The number of fused-ring (bicyclic) bond motifs is 1. The van der Waals surface area contributed by atoms with Gasteiger partial charge in [0.1, 0.15) is 11.2 Å². The SMILES string of the molecule is Cc1ccccc1C(C)(O)c1cc(-c2cn(C3=CNN(CCO)C3)c3ncccc23)nc(N)n1. The number of hydrogen-bond donors (Lipinski definition) is 4. The second-order valence-corrected chi connectivity index (χ2v) is 8.58. The number of β-amino-alcohol motifs (C(OH)–C–C–N with tert-alkyl or cyclic N) is 1. The molecule has 9 nitrogen and oxygen atoms in total. The van der Waals surface area contributed by atoms with E-state index in [0.29, 0.717) is 24.5 Å². The molecular weight excluding hydrogens is 430 g/mol. The lowest BCUT2D eigenvalue weighted by molar-refractivity contribution is 0.0968.